The Balaban J connectivity index is 2.12. The van der Waals surface area contributed by atoms with Crippen molar-refractivity contribution in [3.63, 3.8) is 0 Å². The first-order valence-electron chi connectivity index (χ1n) is 8.26. The Morgan fingerprint density at radius 2 is 1.85 bits per heavy atom. The lowest BCUT2D eigenvalue weighted by molar-refractivity contribution is -0.144. The molecule has 0 aliphatic heterocycles. The van der Waals surface area contributed by atoms with Gasteiger partial charge in [0.05, 0.1) is 0 Å². The van der Waals surface area contributed by atoms with Crippen molar-refractivity contribution in [3.05, 3.63) is 22.8 Å². The minimum atomic E-state index is -4.66. The number of carboxylic acids is 1. The highest BCUT2D eigenvalue weighted by atomic mass is 19.4. The number of rotatable bonds is 7. The Kier molecular flexibility index (Phi) is 6.01. The Labute approximate surface area is 153 Å². The van der Waals surface area contributed by atoms with E-state index in [0.717, 1.165) is 4.52 Å². The van der Waals surface area contributed by atoms with Crippen LogP contribution in [0.3, 0.4) is 0 Å². The van der Waals surface area contributed by atoms with Gasteiger partial charge in [-0.2, -0.15) is 18.2 Å². The van der Waals surface area contributed by atoms with Crippen molar-refractivity contribution in [1.29, 1.82) is 0 Å². The zero-order valence-electron chi connectivity index (χ0n) is 15.2. The molecule has 0 bridgehead atoms. The van der Waals surface area contributed by atoms with Crippen LogP contribution in [0.4, 0.5) is 13.2 Å². The van der Waals surface area contributed by atoms with Crippen molar-refractivity contribution >= 4 is 17.7 Å². The molecule has 1 N–H and O–H groups in total. The molecular formula is C16H20F3N5O3. The number of fused-ring (bicyclic) bond motifs is 1. The topological polar surface area (TPSA) is 101 Å². The maximum absolute atomic E-state index is 12.8. The summed E-state index contributed by atoms with van der Waals surface area (Å²) >= 11 is 0. The van der Waals surface area contributed by atoms with E-state index < -0.39 is 18.0 Å². The van der Waals surface area contributed by atoms with E-state index in [0.29, 0.717) is 29.9 Å². The number of aliphatic carboxylic acids is 1. The number of carbonyl (C=O) groups is 2. The van der Waals surface area contributed by atoms with E-state index in [1.807, 2.05) is 0 Å². The number of hydrogen-bond donors (Lipinski definition) is 1. The average molecular weight is 387 g/mol. The highest BCUT2D eigenvalue weighted by Crippen LogP contribution is 2.27. The zero-order chi connectivity index (χ0) is 20.4. The molecule has 0 aliphatic rings. The van der Waals surface area contributed by atoms with Crippen molar-refractivity contribution in [2.75, 3.05) is 13.6 Å². The second-order valence-corrected chi connectivity index (χ2v) is 6.22. The molecular weight excluding hydrogens is 367 g/mol. The molecule has 0 saturated heterocycles. The van der Waals surface area contributed by atoms with Gasteiger partial charge in [0, 0.05) is 37.8 Å². The van der Waals surface area contributed by atoms with Gasteiger partial charge in [-0.25, -0.2) is 9.50 Å². The summed E-state index contributed by atoms with van der Waals surface area (Å²) in [7, 11) is 1.58. The summed E-state index contributed by atoms with van der Waals surface area (Å²) in [5, 5.41) is 12.1. The molecule has 2 heterocycles. The van der Waals surface area contributed by atoms with Crippen molar-refractivity contribution in [1.82, 2.24) is 24.5 Å². The number of carboxylic acid groups (broad SMARTS) is 1. The summed E-state index contributed by atoms with van der Waals surface area (Å²) in [6.07, 6.45) is -3.93. The third-order valence-corrected chi connectivity index (χ3v) is 4.20. The van der Waals surface area contributed by atoms with Crippen LogP contribution >= 0.6 is 0 Å². The van der Waals surface area contributed by atoms with Crippen LogP contribution in [0.5, 0.6) is 0 Å². The van der Waals surface area contributed by atoms with E-state index in [4.69, 9.17) is 5.11 Å². The number of nitrogens with zero attached hydrogens (tertiary/aromatic N) is 5. The van der Waals surface area contributed by atoms with E-state index in [1.54, 1.807) is 20.9 Å². The fraction of sp³-hybridized carbons (Fsp3) is 0.562. The molecule has 148 valence electrons. The molecule has 0 unspecified atom stereocenters. The SMILES string of the molecule is Cc1nc2nc(C(F)(F)F)nn2c(C)c1CCC(=O)N(C)CCCC(=O)O. The van der Waals surface area contributed by atoms with E-state index in [2.05, 4.69) is 15.1 Å². The summed E-state index contributed by atoms with van der Waals surface area (Å²) in [6.45, 7) is 3.57. The van der Waals surface area contributed by atoms with Crippen LogP contribution in [-0.2, 0) is 22.2 Å². The van der Waals surface area contributed by atoms with Gasteiger partial charge in [-0.1, -0.05) is 0 Å². The molecule has 8 nitrogen and oxygen atoms in total. The molecule has 0 aliphatic carbocycles. The number of carbonyl (C=O) groups excluding carboxylic acids is 1. The van der Waals surface area contributed by atoms with Crippen LogP contribution in [0, 0.1) is 13.8 Å². The number of aromatic nitrogens is 4. The van der Waals surface area contributed by atoms with Crippen molar-refractivity contribution in [2.45, 2.75) is 45.7 Å². The lowest BCUT2D eigenvalue weighted by Crippen LogP contribution is -2.28. The monoisotopic (exact) mass is 387 g/mol. The van der Waals surface area contributed by atoms with Gasteiger partial charge in [0.2, 0.25) is 5.91 Å². The summed E-state index contributed by atoms with van der Waals surface area (Å²) < 4.78 is 39.4. The largest absolute Gasteiger partial charge is 0.481 e. The lowest BCUT2D eigenvalue weighted by atomic mass is 10.1. The molecule has 2 rings (SSSR count). The molecule has 27 heavy (non-hydrogen) atoms. The van der Waals surface area contributed by atoms with Crippen molar-refractivity contribution in [3.8, 4) is 0 Å². The lowest BCUT2D eigenvalue weighted by Gasteiger charge is -2.17. The molecule has 0 aromatic carbocycles. The third-order valence-electron chi connectivity index (χ3n) is 4.20. The quantitative estimate of drug-likeness (QED) is 0.780. The number of alkyl halides is 3. The van der Waals surface area contributed by atoms with Crippen LogP contribution in [0.15, 0.2) is 0 Å². The standard InChI is InChI=1S/C16H20F3N5O3/c1-9-11(6-7-12(25)23(3)8-4-5-13(26)27)10(2)24-15(20-9)21-14(22-24)16(17,18)19/h4-8H2,1-3H3,(H,26,27). The summed E-state index contributed by atoms with van der Waals surface area (Å²) in [4.78, 5) is 31.6. The summed E-state index contributed by atoms with van der Waals surface area (Å²) in [5.74, 6) is -2.51. The van der Waals surface area contributed by atoms with Gasteiger partial charge in [-0.15, -0.1) is 5.10 Å². The number of halogens is 3. The predicted molar refractivity (Wildman–Crippen MR) is 88.1 cm³/mol. The molecule has 0 spiro atoms. The minimum absolute atomic E-state index is 0.0236. The highest BCUT2D eigenvalue weighted by molar-refractivity contribution is 5.76. The fourth-order valence-electron chi connectivity index (χ4n) is 2.71. The van der Waals surface area contributed by atoms with Gasteiger partial charge in [0.25, 0.3) is 11.6 Å². The van der Waals surface area contributed by atoms with Crippen LogP contribution in [-0.4, -0.2) is 55.1 Å². The van der Waals surface area contributed by atoms with Gasteiger partial charge in [0.1, 0.15) is 0 Å². The number of amides is 1. The molecule has 2 aromatic heterocycles. The van der Waals surface area contributed by atoms with Crippen molar-refractivity contribution < 1.29 is 27.9 Å². The number of aryl methyl sites for hydroxylation is 2. The fourth-order valence-corrected chi connectivity index (χ4v) is 2.71. The molecule has 0 fully saturated rings. The highest BCUT2D eigenvalue weighted by Gasteiger charge is 2.37. The van der Waals surface area contributed by atoms with Crippen LogP contribution in [0.25, 0.3) is 5.78 Å². The van der Waals surface area contributed by atoms with E-state index in [9.17, 15) is 22.8 Å². The minimum Gasteiger partial charge on any atom is -0.481 e. The smallest absolute Gasteiger partial charge is 0.453 e. The van der Waals surface area contributed by atoms with Gasteiger partial charge in [-0.05, 0) is 32.3 Å². The normalized spacial score (nSPS) is 11.8. The van der Waals surface area contributed by atoms with Gasteiger partial charge in [0.15, 0.2) is 0 Å². The van der Waals surface area contributed by atoms with Crippen LogP contribution in [0.2, 0.25) is 0 Å². The van der Waals surface area contributed by atoms with Crippen molar-refractivity contribution in [2.24, 2.45) is 0 Å². The molecule has 2 aromatic rings. The van der Waals surface area contributed by atoms with Gasteiger partial charge in [-0.3, -0.25) is 9.59 Å². The summed E-state index contributed by atoms with van der Waals surface area (Å²) in [6, 6.07) is 0. The molecule has 11 heteroatoms. The second-order valence-electron chi connectivity index (χ2n) is 6.22. The first kappa shape index (κ1) is 20.6. The molecule has 1 amide bonds. The Bertz CT molecular complexity index is 863. The predicted octanol–water partition coefficient (Wildman–Crippen LogP) is 2.02. The molecule has 0 saturated carbocycles. The first-order valence-corrected chi connectivity index (χ1v) is 8.26. The van der Waals surface area contributed by atoms with E-state index in [-0.39, 0.29) is 30.9 Å². The Morgan fingerprint density at radius 1 is 1.19 bits per heavy atom. The molecule has 0 radical (unpaired) electrons. The summed E-state index contributed by atoms with van der Waals surface area (Å²) in [5.41, 5.74) is 1.57. The zero-order valence-corrected chi connectivity index (χ0v) is 15.2. The maximum atomic E-state index is 12.8. The number of hydrogen-bond acceptors (Lipinski definition) is 5. The Morgan fingerprint density at radius 3 is 2.44 bits per heavy atom. The Hall–Kier alpha value is -2.72. The van der Waals surface area contributed by atoms with E-state index >= 15 is 0 Å². The molecule has 0 atom stereocenters. The second kappa shape index (κ2) is 7.89. The van der Waals surface area contributed by atoms with Gasteiger partial charge >= 0.3 is 12.1 Å². The first-order chi connectivity index (χ1) is 12.5. The average Bonchev–Trinajstić information content (AvgIpc) is 2.98. The maximum Gasteiger partial charge on any atom is 0.453 e. The third kappa shape index (κ3) is 4.92. The van der Waals surface area contributed by atoms with Crippen LogP contribution in [0.1, 0.15) is 42.0 Å². The van der Waals surface area contributed by atoms with Gasteiger partial charge < -0.3 is 10.0 Å². The van der Waals surface area contributed by atoms with E-state index in [1.165, 1.54) is 4.90 Å². The van der Waals surface area contributed by atoms with Crippen LogP contribution < -0.4 is 0 Å².